The Kier molecular flexibility index (Phi) is 5.19. The molecule has 1 atom stereocenters. The molecule has 0 aromatic carbocycles. The highest BCUT2D eigenvalue weighted by molar-refractivity contribution is 4.53. The van der Waals surface area contributed by atoms with Crippen molar-refractivity contribution >= 4 is 0 Å². The maximum atomic E-state index is 11.5. The van der Waals surface area contributed by atoms with Crippen molar-refractivity contribution in [3.63, 3.8) is 0 Å². The van der Waals surface area contributed by atoms with Gasteiger partial charge in [0.1, 0.15) is 0 Å². The lowest BCUT2D eigenvalue weighted by atomic mass is 10.4. The molecule has 3 nitrogen and oxygen atoms in total. The van der Waals surface area contributed by atoms with Gasteiger partial charge < -0.3 is 15.6 Å². The average molecular weight is 187 g/mol. The molecule has 0 aliphatic rings. The van der Waals surface area contributed by atoms with E-state index in [0.717, 1.165) is 0 Å². The van der Waals surface area contributed by atoms with Crippen molar-refractivity contribution in [2.75, 3.05) is 19.8 Å². The van der Waals surface area contributed by atoms with Crippen LogP contribution in [0.2, 0.25) is 0 Å². The lowest BCUT2D eigenvalue weighted by Crippen LogP contribution is -2.26. The van der Waals surface area contributed by atoms with Gasteiger partial charge in [-0.1, -0.05) is 0 Å². The number of hydrogen-bond acceptors (Lipinski definition) is 3. The second-order valence-electron chi connectivity index (χ2n) is 2.33. The average Bonchev–Trinajstić information content (AvgIpc) is 1.96. The van der Waals surface area contributed by atoms with Crippen LogP contribution in [0, 0.1) is 0 Å². The van der Waals surface area contributed by atoms with Gasteiger partial charge in [0.15, 0.2) is 0 Å². The maximum Gasteiger partial charge on any atom is 0.391 e. The Bertz CT molecular complexity index is 118. The summed E-state index contributed by atoms with van der Waals surface area (Å²) in [6.45, 7) is -0.584. The predicted octanol–water partition coefficient (Wildman–Crippen LogP) is 0.275. The van der Waals surface area contributed by atoms with E-state index in [2.05, 4.69) is 4.74 Å². The fraction of sp³-hybridized carbons (Fsp3) is 1.00. The highest BCUT2D eigenvalue weighted by atomic mass is 19.4. The summed E-state index contributed by atoms with van der Waals surface area (Å²) in [5, 5.41) is 8.76. The van der Waals surface area contributed by atoms with Crippen molar-refractivity contribution in [1.82, 2.24) is 0 Å². The summed E-state index contributed by atoms with van der Waals surface area (Å²) in [4.78, 5) is 0. The molecule has 0 heterocycles. The van der Waals surface area contributed by atoms with Crippen molar-refractivity contribution in [2.45, 2.75) is 18.7 Å². The zero-order valence-electron chi connectivity index (χ0n) is 6.47. The van der Waals surface area contributed by atoms with Crippen molar-refractivity contribution in [3.8, 4) is 0 Å². The minimum absolute atomic E-state index is 0.00792. The first-order valence-corrected chi connectivity index (χ1v) is 3.48. The second kappa shape index (κ2) is 5.34. The molecule has 74 valence electrons. The Morgan fingerprint density at radius 2 is 2.00 bits per heavy atom. The number of alkyl halides is 3. The number of hydrogen-bond donors (Lipinski definition) is 2. The first-order valence-electron chi connectivity index (χ1n) is 3.48. The summed E-state index contributed by atoms with van der Waals surface area (Å²) in [6.07, 6.45) is -6.07. The van der Waals surface area contributed by atoms with E-state index >= 15 is 0 Å². The Hall–Kier alpha value is -0.330. The number of halogens is 3. The first-order chi connectivity index (χ1) is 5.45. The van der Waals surface area contributed by atoms with Crippen molar-refractivity contribution in [3.05, 3.63) is 0 Å². The lowest BCUT2D eigenvalue weighted by molar-refractivity contribution is -0.147. The van der Waals surface area contributed by atoms with E-state index in [4.69, 9.17) is 10.8 Å². The first kappa shape index (κ1) is 11.7. The molecule has 0 spiro atoms. The van der Waals surface area contributed by atoms with Crippen molar-refractivity contribution < 1.29 is 23.0 Å². The topological polar surface area (TPSA) is 55.5 Å². The van der Waals surface area contributed by atoms with Crippen LogP contribution in [0.3, 0.4) is 0 Å². The van der Waals surface area contributed by atoms with Crippen LogP contribution in [0.4, 0.5) is 13.2 Å². The molecule has 0 aliphatic carbocycles. The summed E-state index contributed by atoms with van der Waals surface area (Å²) in [5.41, 5.74) is 4.99. The number of rotatable bonds is 5. The number of nitrogens with two attached hydrogens (primary N) is 1. The largest absolute Gasteiger partial charge is 0.391 e. The molecule has 0 radical (unpaired) electrons. The van der Waals surface area contributed by atoms with E-state index in [0.29, 0.717) is 0 Å². The summed E-state index contributed by atoms with van der Waals surface area (Å²) < 4.78 is 39.0. The molecule has 12 heavy (non-hydrogen) atoms. The number of aliphatic hydroxyl groups is 1. The molecule has 0 bridgehead atoms. The van der Waals surface area contributed by atoms with Gasteiger partial charge in [-0.05, 0) is 0 Å². The maximum absolute atomic E-state index is 11.5. The predicted molar refractivity (Wildman–Crippen MR) is 36.6 cm³/mol. The van der Waals surface area contributed by atoms with Crippen LogP contribution in [0.1, 0.15) is 6.42 Å². The fourth-order valence-corrected chi connectivity index (χ4v) is 0.475. The van der Waals surface area contributed by atoms with Gasteiger partial charge in [0.25, 0.3) is 0 Å². The van der Waals surface area contributed by atoms with Crippen molar-refractivity contribution in [1.29, 1.82) is 0 Å². The number of aliphatic hydroxyl groups excluding tert-OH is 1. The molecular weight excluding hydrogens is 175 g/mol. The van der Waals surface area contributed by atoms with Gasteiger partial charge >= 0.3 is 6.18 Å². The third-order valence-electron chi connectivity index (χ3n) is 1.11. The molecule has 0 aromatic rings. The highest BCUT2D eigenvalue weighted by Gasteiger charge is 2.26. The van der Waals surface area contributed by atoms with Gasteiger partial charge in [0.05, 0.1) is 25.7 Å². The second-order valence-corrected chi connectivity index (χ2v) is 2.33. The third kappa shape index (κ3) is 7.77. The summed E-state index contributed by atoms with van der Waals surface area (Å²) in [5.74, 6) is 0. The molecule has 0 aliphatic heterocycles. The highest BCUT2D eigenvalue weighted by Crippen LogP contribution is 2.18. The molecule has 0 aromatic heterocycles. The molecule has 0 saturated carbocycles. The molecular formula is C6H12F3NO2. The van der Waals surface area contributed by atoms with Crippen LogP contribution in [-0.4, -0.2) is 37.1 Å². The Labute approximate surface area is 68.3 Å². The molecule has 0 fully saturated rings. The summed E-state index contributed by atoms with van der Waals surface area (Å²) in [7, 11) is 0. The molecule has 0 amide bonds. The van der Waals surface area contributed by atoms with E-state index in [1.54, 1.807) is 0 Å². The van der Waals surface area contributed by atoms with Gasteiger partial charge in [-0.3, -0.25) is 0 Å². The van der Waals surface area contributed by atoms with Crippen LogP contribution in [-0.2, 0) is 4.74 Å². The van der Waals surface area contributed by atoms with E-state index in [9.17, 15) is 13.2 Å². The molecule has 0 saturated heterocycles. The third-order valence-corrected chi connectivity index (χ3v) is 1.11. The Morgan fingerprint density at radius 1 is 1.42 bits per heavy atom. The van der Waals surface area contributed by atoms with Gasteiger partial charge in [-0.2, -0.15) is 13.2 Å². The summed E-state index contributed by atoms with van der Waals surface area (Å²) in [6, 6.07) is 0. The number of ether oxygens (including phenoxy) is 1. The fourth-order valence-electron chi connectivity index (χ4n) is 0.475. The quantitative estimate of drug-likeness (QED) is 0.607. The summed E-state index contributed by atoms with van der Waals surface area (Å²) >= 11 is 0. The van der Waals surface area contributed by atoms with E-state index in [1.165, 1.54) is 0 Å². The van der Waals surface area contributed by atoms with Gasteiger partial charge in [0.2, 0.25) is 0 Å². The minimum Gasteiger partial charge on any atom is -0.389 e. The molecule has 3 N–H and O–H groups in total. The van der Waals surface area contributed by atoms with E-state index in [-0.39, 0.29) is 13.2 Å². The molecule has 6 heteroatoms. The lowest BCUT2D eigenvalue weighted by Gasteiger charge is -2.09. The normalized spacial score (nSPS) is 14.8. The zero-order chi connectivity index (χ0) is 9.61. The Morgan fingerprint density at radius 3 is 2.42 bits per heavy atom. The van der Waals surface area contributed by atoms with E-state index in [1.807, 2.05) is 0 Å². The van der Waals surface area contributed by atoms with Crippen LogP contribution in [0.25, 0.3) is 0 Å². The van der Waals surface area contributed by atoms with Crippen LogP contribution >= 0.6 is 0 Å². The Balaban J connectivity index is 3.22. The monoisotopic (exact) mass is 187 g/mol. The molecule has 0 rings (SSSR count). The van der Waals surface area contributed by atoms with Crippen LogP contribution in [0.15, 0.2) is 0 Å². The van der Waals surface area contributed by atoms with E-state index < -0.39 is 25.3 Å². The SMILES string of the molecule is NCC(O)COCCC(F)(F)F. The molecule has 1 unspecified atom stereocenters. The van der Waals surface area contributed by atoms with Gasteiger partial charge in [-0.25, -0.2) is 0 Å². The van der Waals surface area contributed by atoms with Crippen molar-refractivity contribution in [2.24, 2.45) is 5.73 Å². The van der Waals surface area contributed by atoms with Gasteiger partial charge in [0, 0.05) is 6.54 Å². The van der Waals surface area contributed by atoms with Crippen LogP contribution < -0.4 is 5.73 Å². The standard InChI is InChI=1S/C6H12F3NO2/c7-6(8,9)1-2-12-4-5(11)3-10/h5,11H,1-4,10H2. The zero-order valence-corrected chi connectivity index (χ0v) is 6.47. The van der Waals surface area contributed by atoms with Gasteiger partial charge in [-0.15, -0.1) is 0 Å². The van der Waals surface area contributed by atoms with Crippen LogP contribution in [0.5, 0.6) is 0 Å². The smallest absolute Gasteiger partial charge is 0.389 e. The minimum atomic E-state index is -4.20.